The zero-order chi connectivity index (χ0) is 21.8. The van der Waals surface area contributed by atoms with Crippen molar-refractivity contribution in [1.29, 1.82) is 0 Å². The van der Waals surface area contributed by atoms with Crippen molar-refractivity contribution in [1.82, 2.24) is 20.2 Å². The fourth-order valence-corrected chi connectivity index (χ4v) is 4.58. The first-order valence-electron chi connectivity index (χ1n) is 11.1. The molecule has 1 aromatic carbocycles. The second kappa shape index (κ2) is 9.62. The highest BCUT2D eigenvalue weighted by atomic mass is 16.5. The molecule has 164 valence electrons. The number of carbonyl (C=O) groups excluding carboxylic acids is 1. The third-order valence-corrected chi connectivity index (χ3v) is 5.92. The molecule has 2 N–H and O–H groups in total. The Kier molecular flexibility index (Phi) is 6.68. The number of hydrogen-bond donors (Lipinski definition) is 2. The summed E-state index contributed by atoms with van der Waals surface area (Å²) in [5.41, 5.74) is 4.89. The van der Waals surface area contributed by atoms with Crippen LogP contribution in [0.1, 0.15) is 43.0 Å². The number of aromatic nitrogens is 2. The van der Waals surface area contributed by atoms with Crippen LogP contribution in [-0.4, -0.2) is 41.8 Å². The van der Waals surface area contributed by atoms with E-state index in [1.165, 1.54) is 27.6 Å². The summed E-state index contributed by atoms with van der Waals surface area (Å²) in [6, 6.07) is 10.5. The molecule has 3 aromatic rings. The van der Waals surface area contributed by atoms with Crippen LogP contribution in [0.4, 0.5) is 0 Å². The number of benzene rings is 1. The largest absolute Gasteiger partial charge is 0.383 e. The number of hydrogen-bond acceptors (Lipinski definition) is 4. The molecular formula is C25H32N4O2. The van der Waals surface area contributed by atoms with Gasteiger partial charge in [0.15, 0.2) is 0 Å². The third kappa shape index (κ3) is 4.81. The molecule has 0 unspecified atom stereocenters. The summed E-state index contributed by atoms with van der Waals surface area (Å²) in [5.74, 6) is 0.552. The fraction of sp³-hybridized carbons (Fsp3) is 0.440. The van der Waals surface area contributed by atoms with E-state index >= 15 is 0 Å². The molecule has 0 aliphatic carbocycles. The number of amides is 1. The molecule has 6 heteroatoms. The van der Waals surface area contributed by atoms with Gasteiger partial charge in [-0.05, 0) is 47.6 Å². The smallest absolute Gasteiger partial charge is 0.237 e. The van der Waals surface area contributed by atoms with Crippen LogP contribution in [0.15, 0.2) is 48.9 Å². The van der Waals surface area contributed by atoms with Crippen LogP contribution < -0.4 is 10.6 Å². The van der Waals surface area contributed by atoms with E-state index in [1.54, 1.807) is 13.3 Å². The number of methoxy groups -OCH3 is 1. The van der Waals surface area contributed by atoms with Crippen LogP contribution in [0.25, 0.3) is 10.9 Å². The molecule has 0 spiro atoms. The van der Waals surface area contributed by atoms with E-state index in [0.29, 0.717) is 25.5 Å². The molecule has 2 atom stereocenters. The van der Waals surface area contributed by atoms with Gasteiger partial charge in [0.2, 0.25) is 5.91 Å². The van der Waals surface area contributed by atoms with Crippen LogP contribution in [0.5, 0.6) is 0 Å². The quantitative estimate of drug-likeness (QED) is 0.548. The lowest BCUT2D eigenvalue weighted by Crippen LogP contribution is -2.47. The van der Waals surface area contributed by atoms with E-state index in [2.05, 4.69) is 64.5 Å². The van der Waals surface area contributed by atoms with Gasteiger partial charge in [-0.15, -0.1) is 0 Å². The van der Waals surface area contributed by atoms with Gasteiger partial charge >= 0.3 is 0 Å². The molecule has 0 saturated carbocycles. The van der Waals surface area contributed by atoms with Crippen LogP contribution in [0, 0.1) is 5.92 Å². The number of ether oxygens (including phenoxy) is 1. The van der Waals surface area contributed by atoms with Crippen molar-refractivity contribution in [3.05, 3.63) is 65.6 Å². The number of carbonyl (C=O) groups is 1. The Hall–Kier alpha value is -2.70. The maximum atomic E-state index is 13.0. The van der Waals surface area contributed by atoms with Crippen molar-refractivity contribution in [3.8, 4) is 0 Å². The van der Waals surface area contributed by atoms with Gasteiger partial charge in [-0.1, -0.05) is 32.0 Å². The summed E-state index contributed by atoms with van der Waals surface area (Å²) in [4.78, 5) is 17.2. The molecule has 2 aromatic heterocycles. The minimum atomic E-state index is -0.273. The predicted octanol–water partition coefficient (Wildman–Crippen LogP) is 3.45. The van der Waals surface area contributed by atoms with Gasteiger partial charge in [-0.3, -0.25) is 15.1 Å². The Morgan fingerprint density at radius 3 is 2.94 bits per heavy atom. The molecule has 0 radical (unpaired) electrons. The number of rotatable bonds is 8. The summed E-state index contributed by atoms with van der Waals surface area (Å²) in [6.45, 7) is 6.26. The summed E-state index contributed by atoms with van der Waals surface area (Å²) in [6.07, 6.45) is 7.58. The Balaban J connectivity index is 1.72. The Morgan fingerprint density at radius 2 is 2.19 bits per heavy atom. The number of pyridine rings is 1. The minimum absolute atomic E-state index is 0.0340. The number of nitrogens with one attached hydrogen (secondary N) is 2. The summed E-state index contributed by atoms with van der Waals surface area (Å²) in [7, 11) is 1.65. The molecule has 1 aliphatic rings. The molecule has 31 heavy (non-hydrogen) atoms. The normalized spacial score (nSPS) is 18.3. The highest BCUT2D eigenvalue weighted by Crippen LogP contribution is 2.36. The summed E-state index contributed by atoms with van der Waals surface area (Å²) >= 11 is 0. The standard InChI is InChI=1S/C25H32N4O2/c1-17(2)12-21-20-7-4-8-23-24(20)19(13-22(28-21)25(30)27-10-11-31-3)16-29(23)15-18-6-5-9-26-14-18/h4-9,14,16-17,21-22,28H,10-13,15H2,1-3H3,(H,27,30)/t21-,22-/m0/s1. The lowest BCUT2D eigenvalue weighted by molar-refractivity contribution is -0.123. The minimum Gasteiger partial charge on any atom is -0.383 e. The lowest BCUT2D eigenvalue weighted by atomic mass is 9.94. The van der Waals surface area contributed by atoms with Crippen molar-refractivity contribution < 1.29 is 9.53 Å². The molecule has 1 amide bonds. The van der Waals surface area contributed by atoms with E-state index in [-0.39, 0.29) is 18.0 Å². The van der Waals surface area contributed by atoms with Crippen molar-refractivity contribution in [2.24, 2.45) is 5.92 Å². The van der Waals surface area contributed by atoms with E-state index in [4.69, 9.17) is 4.74 Å². The molecule has 0 bridgehead atoms. The van der Waals surface area contributed by atoms with Crippen LogP contribution in [-0.2, 0) is 22.5 Å². The zero-order valence-corrected chi connectivity index (χ0v) is 18.6. The van der Waals surface area contributed by atoms with Crippen molar-refractivity contribution in [3.63, 3.8) is 0 Å². The molecular weight excluding hydrogens is 388 g/mol. The maximum Gasteiger partial charge on any atom is 0.237 e. The average Bonchev–Trinajstić information content (AvgIpc) is 3.02. The van der Waals surface area contributed by atoms with E-state index in [1.807, 2.05) is 12.3 Å². The lowest BCUT2D eigenvalue weighted by Gasteiger charge is -2.25. The first-order chi connectivity index (χ1) is 15.1. The van der Waals surface area contributed by atoms with Gasteiger partial charge < -0.3 is 14.6 Å². The van der Waals surface area contributed by atoms with E-state index < -0.39 is 0 Å². The van der Waals surface area contributed by atoms with Crippen molar-refractivity contribution in [2.75, 3.05) is 20.3 Å². The monoisotopic (exact) mass is 420 g/mol. The van der Waals surface area contributed by atoms with E-state index in [9.17, 15) is 4.79 Å². The highest BCUT2D eigenvalue weighted by Gasteiger charge is 2.30. The van der Waals surface area contributed by atoms with Crippen molar-refractivity contribution >= 4 is 16.8 Å². The molecule has 1 aliphatic heterocycles. The zero-order valence-electron chi connectivity index (χ0n) is 18.6. The second-order valence-electron chi connectivity index (χ2n) is 8.77. The van der Waals surface area contributed by atoms with Gasteiger partial charge in [0.05, 0.1) is 12.6 Å². The molecule has 0 fully saturated rings. The van der Waals surface area contributed by atoms with Crippen molar-refractivity contribution in [2.45, 2.75) is 45.3 Å². The Morgan fingerprint density at radius 1 is 1.32 bits per heavy atom. The average molecular weight is 421 g/mol. The molecule has 4 rings (SSSR count). The van der Waals surface area contributed by atoms with Gasteiger partial charge in [0.25, 0.3) is 0 Å². The maximum absolute atomic E-state index is 13.0. The van der Waals surface area contributed by atoms with Crippen LogP contribution in [0.2, 0.25) is 0 Å². The molecule has 6 nitrogen and oxygen atoms in total. The Labute approximate surface area is 184 Å². The summed E-state index contributed by atoms with van der Waals surface area (Å²) in [5, 5.41) is 7.97. The fourth-order valence-electron chi connectivity index (χ4n) is 4.58. The van der Waals surface area contributed by atoms with Crippen LogP contribution in [0.3, 0.4) is 0 Å². The number of nitrogens with zero attached hydrogens (tertiary/aromatic N) is 2. The Bertz CT molecular complexity index is 1030. The van der Waals surface area contributed by atoms with Gasteiger partial charge in [-0.2, -0.15) is 0 Å². The molecule has 0 saturated heterocycles. The molecule has 3 heterocycles. The summed E-state index contributed by atoms with van der Waals surface area (Å²) < 4.78 is 7.39. The van der Waals surface area contributed by atoms with Gasteiger partial charge in [0.1, 0.15) is 0 Å². The highest BCUT2D eigenvalue weighted by molar-refractivity contribution is 5.90. The first kappa shape index (κ1) is 21.5. The first-order valence-corrected chi connectivity index (χ1v) is 11.1. The second-order valence-corrected chi connectivity index (χ2v) is 8.77. The van der Waals surface area contributed by atoms with Gasteiger partial charge in [-0.25, -0.2) is 0 Å². The topological polar surface area (TPSA) is 68.2 Å². The predicted molar refractivity (Wildman–Crippen MR) is 123 cm³/mol. The van der Waals surface area contributed by atoms with Gasteiger partial charge in [0, 0.05) is 55.7 Å². The third-order valence-electron chi connectivity index (χ3n) is 5.92. The van der Waals surface area contributed by atoms with Crippen LogP contribution >= 0.6 is 0 Å². The SMILES string of the molecule is COCCNC(=O)[C@@H]1Cc2cn(Cc3cccnc3)c3cccc(c23)[C@H](CC(C)C)N1. The van der Waals surface area contributed by atoms with E-state index in [0.717, 1.165) is 13.0 Å².